The van der Waals surface area contributed by atoms with Crippen LogP contribution in [0.1, 0.15) is 48.8 Å². The topological polar surface area (TPSA) is 73.0 Å². The summed E-state index contributed by atoms with van der Waals surface area (Å²) in [6.45, 7) is 7.03. The molecule has 2 aliphatic heterocycles. The van der Waals surface area contributed by atoms with Crippen LogP contribution in [0.5, 0.6) is 0 Å². The van der Waals surface area contributed by atoms with Crippen molar-refractivity contribution in [3.8, 4) is 0 Å². The van der Waals surface area contributed by atoms with Crippen LogP contribution in [0.4, 0.5) is 16.2 Å². The van der Waals surface area contributed by atoms with Crippen LogP contribution in [-0.4, -0.2) is 57.5 Å². The molecule has 0 atom stereocenters. The van der Waals surface area contributed by atoms with Crippen molar-refractivity contribution >= 4 is 27.4 Å². The molecule has 1 saturated carbocycles. The predicted molar refractivity (Wildman–Crippen MR) is 140 cm³/mol. The Morgan fingerprint density at radius 1 is 0.886 bits per heavy atom. The van der Waals surface area contributed by atoms with Crippen LogP contribution in [0.3, 0.4) is 0 Å². The first-order valence-electron chi connectivity index (χ1n) is 12.9. The second kappa shape index (κ2) is 9.82. The SMILES string of the molecule is Cc1ccc(C)c(N2CCN(S(=O)(=O)c3ccc4c(c3)CCN4C(=O)NC3CCCCC3)CC2)c1. The van der Waals surface area contributed by atoms with Crippen molar-refractivity contribution in [1.29, 1.82) is 0 Å². The van der Waals surface area contributed by atoms with Crippen molar-refractivity contribution < 1.29 is 13.2 Å². The van der Waals surface area contributed by atoms with Gasteiger partial charge in [-0.2, -0.15) is 4.31 Å². The first kappa shape index (κ1) is 24.1. The minimum atomic E-state index is -3.58. The highest BCUT2D eigenvalue weighted by atomic mass is 32.2. The Balaban J connectivity index is 1.26. The molecule has 2 aromatic rings. The van der Waals surface area contributed by atoms with Crippen LogP contribution < -0.4 is 15.1 Å². The van der Waals surface area contributed by atoms with Crippen molar-refractivity contribution in [3.63, 3.8) is 0 Å². The molecule has 0 unspecified atom stereocenters. The molecule has 188 valence electrons. The summed E-state index contributed by atoms with van der Waals surface area (Å²) in [5, 5.41) is 3.18. The Bertz CT molecular complexity index is 1200. The molecular formula is C27H36N4O3S. The van der Waals surface area contributed by atoms with E-state index >= 15 is 0 Å². The van der Waals surface area contributed by atoms with Crippen molar-refractivity contribution in [2.45, 2.75) is 63.3 Å². The number of piperazine rings is 1. The second-order valence-electron chi connectivity index (χ2n) is 10.2. The molecule has 2 heterocycles. The summed E-state index contributed by atoms with van der Waals surface area (Å²) < 4.78 is 28.5. The molecule has 35 heavy (non-hydrogen) atoms. The van der Waals surface area contributed by atoms with Crippen LogP contribution in [0, 0.1) is 13.8 Å². The zero-order chi connectivity index (χ0) is 24.6. The molecule has 1 aliphatic carbocycles. The van der Waals surface area contributed by atoms with Gasteiger partial charge in [-0.1, -0.05) is 31.4 Å². The molecule has 5 rings (SSSR count). The van der Waals surface area contributed by atoms with E-state index < -0.39 is 10.0 Å². The first-order valence-corrected chi connectivity index (χ1v) is 14.3. The van der Waals surface area contributed by atoms with E-state index in [9.17, 15) is 13.2 Å². The van der Waals surface area contributed by atoms with Gasteiger partial charge in [-0.05, 0) is 74.1 Å². The van der Waals surface area contributed by atoms with E-state index in [1.807, 2.05) is 6.07 Å². The lowest BCUT2D eigenvalue weighted by molar-refractivity contribution is 0.238. The van der Waals surface area contributed by atoms with E-state index in [2.05, 4.69) is 42.3 Å². The number of carbonyl (C=O) groups excluding carboxylic acids is 1. The number of hydrogen-bond donors (Lipinski definition) is 1. The summed E-state index contributed by atoms with van der Waals surface area (Å²) in [6, 6.07) is 11.8. The average molecular weight is 497 g/mol. The number of anilines is 2. The van der Waals surface area contributed by atoms with Gasteiger partial charge in [0.05, 0.1) is 4.90 Å². The minimum absolute atomic E-state index is 0.0613. The Labute approximate surface area is 209 Å². The summed E-state index contributed by atoms with van der Waals surface area (Å²) in [4.78, 5) is 17.3. The minimum Gasteiger partial charge on any atom is -0.369 e. The lowest BCUT2D eigenvalue weighted by Crippen LogP contribution is -2.48. The van der Waals surface area contributed by atoms with Crippen molar-refractivity contribution in [2.75, 3.05) is 42.5 Å². The second-order valence-corrected chi connectivity index (χ2v) is 12.1. The maximum Gasteiger partial charge on any atom is 0.322 e. The van der Waals surface area contributed by atoms with Crippen LogP contribution in [0.2, 0.25) is 0 Å². The molecule has 1 N–H and O–H groups in total. The number of amides is 2. The fourth-order valence-electron chi connectivity index (χ4n) is 5.63. The third kappa shape index (κ3) is 4.91. The number of nitrogens with one attached hydrogen (secondary N) is 1. The van der Waals surface area contributed by atoms with E-state index in [-0.39, 0.29) is 12.1 Å². The molecule has 0 bridgehead atoms. The van der Waals surface area contributed by atoms with Gasteiger partial charge in [0, 0.05) is 50.1 Å². The van der Waals surface area contributed by atoms with Gasteiger partial charge in [0.2, 0.25) is 10.0 Å². The van der Waals surface area contributed by atoms with Crippen LogP contribution in [0.25, 0.3) is 0 Å². The van der Waals surface area contributed by atoms with Crippen LogP contribution in [-0.2, 0) is 16.4 Å². The molecule has 2 aromatic carbocycles. The Kier molecular flexibility index (Phi) is 6.77. The number of urea groups is 1. The molecule has 0 spiro atoms. The number of sulfonamides is 1. The van der Waals surface area contributed by atoms with Gasteiger partial charge in [-0.25, -0.2) is 13.2 Å². The van der Waals surface area contributed by atoms with Gasteiger partial charge in [0.1, 0.15) is 0 Å². The maximum absolute atomic E-state index is 13.4. The largest absolute Gasteiger partial charge is 0.369 e. The summed E-state index contributed by atoms with van der Waals surface area (Å²) >= 11 is 0. The number of benzene rings is 2. The van der Waals surface area contributed by atoms with Crippen molar-refractivity contribution in [1.82, 2.24) is 9.62 Å². The lowest BCUT2D eigenvalue weighted by atomic mass is 9.96. The zero-order valence-corrected chi connectivity index (χ0v) is 21.6. The molecule has 3 aliphatic rings. The number of fused-ring (bicyclic) bond motifs is 1. The van der Waals surface area contributed by atoms with E-state index in [4.69, 9.17) is 0 Å². The predicted octanol–water partition coefficient (Wildman–Crippen LogP) is 4.22. The van der Waals surface area contributed by atoms with Gasteiger partial charge < -0.3 is 10.2 Å². The normalized spacial score (nSPS) is 19.6. The number of aryl methyl sites for hydroxylation is 2. The average Bonchev–Trinajstić information content (AvgIpc) is 3.30. The fourth-order valence-corrected chi connectivity index (χ4v) is 7.10. The molecule has 1 saturated heterocycles. The Morgan fingerprint density at radius 2 is 1.63 bits per heavy atom. The highest BCUT2D eigenvalue weighted by Crippen LogP contribution is 2.32. The van der Waals surface area contributed by atoms with Gasteiger partial charge >= 0.3 is 6.03 Å². The molecule has 0 radical (unpaired) electrons. The summed E-state index contributed by atoms with van der Waals surface area (Å²) in [5.74, 6) is 0. The Morgan fingerprint density at radius 3 is 2.37 bits per heavy atom. The van der Waals surface area contributed by atoms with Gasteiger partial charge in [0.25, 0.3) is 0 Å². The number of rotatable bonds is 4. The van der Waals surface area contributed by atoms with E-state index in [1.54, 1.807) is 21.3 Å². The monoisotopic (exact) mass is 496 g/mol. The number of carbonyl (C=O) groups is 1. The highest BCUT2D eigenvalue weighted by molar-refractivity contribution is 7.89. The zero-order valence-electron chi connectivity index (χ0n) is 20.8. The smallest absolute Gasteiger partial charge is 0.322 e. The quantitative estimate of drug-likeness (QED) is 0.688. The van der Waals surface area contributed by atoms with E-state index in [0.29, 0.717) is 44.0 Å². The summed E-state index contributed by atoms with van der Waals surface area (Å²) in [6.07, 6.45) is 6.35. The van der Waals surface area contributed by atoms with Gasteiger partial charge in [0.15, 0.2) is 0 Å². The molecule has 0 aromatic heterocycles. The maximum atomic E-state index is 13.4. The molecule has 7 nitrogen and oxygen atoms in total. The van der Waals surface area contributed by atoms with E-state index in [0.717, 1.165) is 24.1 Å². The molecular weight excluding hydrogens is 460 g/mol. The lowest BCUT2D eigenvalue weighted by Gasteiger charge is -2.36. The van der Waals surface area contributed by atoms with Crippen LogP contribution >= 0.6 is 0 Å². The van der Waals surface area contributed by atoms with Gasteiger partial charge in [-0.3, -0.25) is 4.90 Å². The highest BCUT2D eigenvalue weighted by Gasteiger charge is 2.32. The van der Waals surface area contributed by atoms with Gasteiger partial charge in [-0.15, -0.1) is 0 Å². The van der Waals surface area contributed by atoms with Crippen molar-refractivity contribution in [2.24, 2.45) is 0 Å². The third-order valence-electron chi connectivity index (χ3n) is 7.71. The summed E-state index contributed by atoms with van der Waals surface area (Å²) in [7, 11) is -3.58. The van der Waals surface area contributed by atoms with E-state index in [1.165, 1.54) is 36.1 Å². The molecule has 8 heteroatoms. The van der Waals surface area contributed by atoms with Crippen LogP contribution in [0.15, 0.2) is 41.3 Å². The summed E-state index contributed by atoms with van der Waals surface area (Å²) in [5.41, 5.74) is 5.37. The van der Waals surface area contributed by atoms with Crippen molar-refractivity contribution in [3.05, 3.63) is 53.1 Å². The Hall–Kier alpha value is -2.58. The first-order chi connectivity index (χ1) is 16.8. The molecule has 2 fully saturated rings. The standard InChI is InChI=1S/C27H36N4O3S/c1-20-8-9-21(2)26(18-20)29-14-16-30(17-15-29)35(33,34)24-10-11-25-22(19-24)12-13-31(25)27(32)28-23-6-4-3-5-7-23/h8-11,18-19,23H,3-7,12-17H2,1-2H3,(H,28,32). The number of hydrogen-bond acceptors (Lipinski definition) is 4. The fraction of sp³-hybridized carbons (Fsp3) is 0.519. The number of nitrogens with zero attached hydrogens (tertiary/aromatic N) is 3. The third-order valence-corrected chi connectivity index (χ3v) is 9.60. The molecule has 2 amide bonds.